The fourth-order valence-corrected chi connectivity index (χ4v) is 2.37. The molecular weight excluding hydrogens is 316 g/mol. The molecule has 3 rings (SSSR count). The molecule has 1 radical (unpaired) electrons. The third-order valence-corrected chi connectivity index (χ3v) is 3.54. The number of quaternary nitrogens is 1. The number of nitro groups is 1. The van der Waals surface area contributed by atoms with Gasteiger partial charge in [-0.3, -0.25) is 20.1 Å². The third-order valence-electron chi connectivity index (χ3n) is 3.54. The van der Waals surface area contributed by atoms with Crippen molar-refractivity contribution in [3.8, 4) is 0 Å². The van der Waals surface area contributed by atoms with Crippen molar-refractivity contribution >= 4 is 29.2 Å². The zero-order valence-electron chi connectivity index (χ0n) is 12.2. The molecule has 9 nitrogen and oxygen atoms in total. The summed E-state index contributed by atoms with van der Waals surface area (Å²) in [5, 5.41) is 30.6. The number of carbonyl (C=O) groups is 1. The largest absolute Gasteiger partial charge is 0.733 e. The summed E-state index contributed by atoms with van der Waals surface area (Å²) in [6, 6.07) is 4.43. The number of nitro benzene ring substituents is 1. The fourth-order valence-electron chi connectivity index (χ4n) is 2.37. The number of hydrogen-bond donors (Lipinski definition) is 2. The van der Waals surface area contributed by atoms with Gasteiger partial charge in [0.15, 0.2) is 12.0 Å². The van der Waals surface area contributed by atoms with Crippen LogP contribution in [0.2, 0.25) is 0 Å². The van der Waals surface area contributed by atoms with Crippen molar-refractivity contribution in [1.82, 2.24) is 0 Å². The summed E-state index contributed by atoms with van der Waals surface area (Å²) >= 11 is 0. The van der Waals surface area contributed by atoms with Crippen molar-refractivity contribution in [3.63, 3.8) is 0 Å². The summed E-state index contributed by atoms with van der Waals surface area (Å²) in [5.41, 5.74) is -0.212. The molecule has 0 spiro atoms. The van der Waals surface area contributed by atoms with Gasteiger partial charge in [-0.2, -0.15) is 4.90 Å². The summed E-state index contributed by atoms with van der Waals surface area (Å²) < 4.78 is 1.72. The normalized spacial score (nSPS) is 19.7. The molecule has 121 valence electrons. The van der Waals surface area contributed by atoms with Crippen LogP contribution in [0.5, 0.6) is 0 Å². The Hall–Kier alpha value is -3.14. The quantitative estimate of drug-likeness (QED) is 0.474. The van der Waals surface area contributed by atoms with Crippen molar-refractivity contribution in [3.05, 3.63) is 76.3 Å². The van der Waals surface area contributed by atoms with Crippen LogP contribution in [0.3, 0.4) is 0 Å². The molecule has 1 aromatic rings. The van der Waals surface area contributed by atoms with Gasteiger partial charge in [0.25, 0.3) is 6.04 Å². The predicted molar refractivity (Wildman–Crippen MR) is 83.3 cm³/mol. The van der Waals surface area contributed by atoms with Gasteiger partial charge in [-0.05, 0) is 18.2 Å². The van der Waals surface area contributed by atoms with Crippen LogP contribution < -0.4 is 10.1 Å². The van der Waals surface area contributed by atoms with Crippen LogP contribution in [0.25, 0.3) is 0 Å². The highest BCUT2D eigenvalue weighted by Crippen LogP contribution is 2.26. The first-order valence-corrected chi connectivity index (χ1v) is 6.86. The van der Waals surface area contributed by atoms with Crippen LogP contribution in [-0.2, 0) is 4.79 Å². The smallest absolute Gasteiger partial charge is 0.341 e. The minimum atomic E-state index is -0.619. The second kappa shape index (κ2) is 6.16. The molecule has 1 aliphatic heterocycles. The van der Waals surface area contributed by atoms with Crippen LogP contribution in [0.4, 0.5) is 17.1 Å². The van der Waals surface area contributed by atoms with E-state index in [1.807, 2.05) is 0 Å². The van der Waals surface area contributed by atoms with Crippen LogP contribution in [0, 0.1) is 21.4 Å². The Morgan fingerprint density at radius 3 is 2.54 bits per heavy atom. The number of ketones is 1. The van der Waals surface area contributed by atoms with Gasteiger partial charge in [-0.15, -0.1) is 4.58 Å². The number of benzene rings is 1. The van der Waals surface area contributed by atoms with Crippen LogP contribution in [0.15, 0.2) is 54.9 Å². The van der Waals surface area contributed by atoms with Gasteiger partial charge in [0, 0.05) is 24.3 Å². The van der Waals surface area contributed by atoms with E-state index < -0.39 is 10.1 Å². The lowest BCUT2D eigenvalue weighted by molar-refractivity contribution is -0.674. The summed E-state index contributed by atoms with van der Waals surface area (Å²) in [4.78, 5) is 22.3. The first-order chi connectivity index (χ1) is 11.5. The lowest BCUT2D eigenvalue weighted by atomic mass is 10.1. The average molecular weight is 328 g/mol. The Balaban J connectivity index is 1.92. The molecule has 1 unspecified atom stereocenters. The summed E-state index contributed by atoms with van der Waals surface area (Å²) in [6.07, 6.45) is 11.2. The predicted octanol–water partition coefficient (Wildman–Crippen LogP) is 0.557. The molecule has 1 aromatic carbocycles. The van der Waals surface area contributed by atoms with E-state index in [0.717, 1.165) is 12.1 Å². The maximum Gasteiger partial charge on any atom is 0.341 e. The van der Waals surface area contributed by atoms with E-state index >= 15 is 0 Å². The zero-order valence-corrected chi connectivity index (χ0v) is 12.2. The third kappa shape index (κ3) is 2.99. The highest BCUT2D eigenvalue weighted by atomic mass is 16.8. The molecule has 9 heteroatoms. The Kier molecular flexibility index (Phi) is 4.04. The first-order valence-electron chi connectivity index (χ1n) is 6.86. The molecule has 0 aromatic heterocycles. The van der Waals surface area contributed by atoms with Crippen molar-refractivity contribution in [1.29, 1.82) is 0 Å². The van der Waals surface area contributed by atoms with E-state index in [-0.39, 0.29) is 17.2 Å². The molecule has 0 saturated carbocycles. The molecule has 24 heavy (non-hydrogen) atoms. The van der Waals surface area contributed by atoms with E-state index in [4.69, 9.17) is 5.21 Å². The van der Waals surface area contributed by atoms with Crippen LogP contribution in [0.1, 0.15) is 0 Å². The lowest BCUT2D eigenvalue weighted by Gasteiger charge is -2.21. The van der Waals surface area contributed by atoms with E-state index in [1.165, 1.54) is 24.3 Å². The maximum atomic E-state index is 11.2. The minimum Gasteiger partial charge on any atom is -0.733 e. The van der Waals surface area contributed by atoms with Crippen molar-refractivity contribution in [2.45, 2.75) is 0 Å². The lowest BCUT2D eigenvalue weighted by Crippen LogP contribution is -3.00. The van der Waals surface area contributed by atoms with Gasteiger partial charge < -0.3 is 10.4 Å². The summed E-state index contributed by atoms with van der Waals surface area (Å²) in [5.74, 6) is -0.108. The second-order valence-corrected chi connectivity index (χ2v) is 5.03. The topological polar surface area (TPSA) is 114 Å². The maximum absolute atomic E-state index is 11.2. The van der Waals surface area contributed by atoms with Gasteiger partial charge >= 0.3 is 12.0 Å². The van der Waals surface area contributed by atoms with Crippen molar-refractivity contribution < 1.29 is 24.4 Å². The second-order valence-electron chi connectivity index (χ2n) is 5.03. The average Bonchev–Trinajstić information content (AvgIpc) is 3.04. The number of carbonyl (C=O) groups excluding carboxylic acids is 1. The fraction of sp³-hybridized carbons (Fsp3) is 0. The van der Waals surface area contributed by atoms with E-state index in [2.05, 4.69) is 0 Å². The summed E-state index contributed by atoms with van der Waals surface area (Å²) in [6.45, 7) is 0. The van der Waals surface area contributed by atoms with Crippen LogP contribution >= 0.6 is 0 Å². The molecular formula is C15H12N4O5+. The first kappa shape index (κ1) is 15.7. The summed E-state index contributed by atoms with van der Waals surface area (Å²) in [7, 11) is 0. The SMILES string of the molecule is O=C1C=C[C]([N+]2=C[NH+](c3ccc(N([O-])O)cc3[N+](=O)[O-])C=C2)C=C1. The van der Waals surface area contributed by atoms with Crippen molar-refractivity contribution in [2.24, 2.45) is 0 Å². The number of rotatable bonds is 4. The van der Waals surface area contributed by atoms with Gasteiger partial charge in [-0.25, -0.2) is 0 Å². The van der Waals surface area contributed by atoms with E-state index in [1.54, 1.807) is 35.5 Å². The minimum absolute atomic E-state index is 0.108. The highest BCUT2D eigenvalue weighted by Gasteiger charge is 2.32. The van der Waals surface area contributed by atoms with Crippen molar-refractivity contribution in [2.75, 3.05) is 5.23 Å². The molecule has 0 bridgehead atoms. The molecule has 1 atom stereocenters. The molecule has 0 amide bonds. The zero-order chi connectivity index (χ0) is 17.3. The molecule has 2 aliphatic rings. The molecule has 1 heterocycles. The van der Waals surface area contributed by atoms with Gasteiger partial charge in [0.05, 0.1) is 10.6 Å². The van der Waals surface area contributed by atoms with E-state index in [0.29, 0.717) is 10.6 Å². The highest BCUT2D eigenvalue weighted by molar-refractivity contribution is 6.00. The van der Waals surface area contributed by atoms with Gasteiger partial charge in [0.1, 0.15) is 0 Å². The van der Waals surface area contributed by atoms with E-state index in [9.17, 15) is 20.1 Å². The van der Waals surface area contributed by atoms with Crippen LogP contribution in [-0.4, -0.2) is 26.8 Å². The Morgan fingerprint density at radius 2 is 1.92 bits per heavy atom. The molecule has 0 saturated heterocycles. The molecule has 2 N–H and O–H groups in total. The Labute approximate surface area is 136 Å². The Bertz CT molecular complexity index is 809. The number of nitrogens with one attached hydrogen (secondary N) is 1. The molecule has 0 fully saturated rings. The monoisotopic (exact) mass is 328 g/mol. The number of allylic oxidation sites excluding steroid dienone is 2. The number of nitrogens with zero attached hydrogens (tertiary/aromatic N) is 3. The Morgan fingerprint density at radius 1 is 1.21 bits per heavy atom. The number of hydrogen-bond acceptors (Lipinski definition) is 6. The standard InChI is InChI=1S/C15H11N4O5/c20-13-4-1-11(2-5-13)16-7-8-17(10-16)14-6-3-12(18(21)22)9-15(14)19(23)24/h1-10,21H/p+1. The number of anilines is 1. The van der Waals surface area contributed by atoms with Gasteiger partial charge in [-0.1, -0.05) is 0 Å². The molecule has 1 aliphatic carbocycles. The van der Waals surface area contributed by atoms with Gasteiger partial charge in [0.2, 0.25) is 11.9 Å².